The number of anilines is 1. The van der Waals surface area contributed by atoms with E-state index in [1.165, 1.54) is 11.8 Å². The Balaban J connectivity index is 1.73. The molecule has 0 saturated heterocycles. The van der Waals surface area contributed by atoms with Gasteiger partial charge in [-0.1, -0.05) is 55.8 Å². The van der Waals surface area contributed by atoms with E-state index in [4.69, 9.17) is 0 Å². The van der Waals surface area contributed by atoms with E-state index >= 15 is 0 Å². The van der Waals surface area contributed by atoms with Gasteiger partial charge in [0, 0.05) is 6.20 Å². The molecule has 0 radical (unpaired) electrons. The van der Waals surface area contributed by atoms with E-state index in [0.29, 0.717) is 18.2 Å². The summed E-state index contributed by atoms with van der Waals surface area (Å²) < 4.78 is 29.4. The number of nitrogens with zero attached hydrogens (tertiary/aromatic N) is 2. The summed E-state index contributed by atoms with van der Waals surface area (Å²) in [7, 11) is -3.63. The van der Waals surface area contributed by atoms with Gasteiger partial charge in [-0.05, 0) is 36.1 Å². The maximum absolute atomic E-state index is 12.5. The molecule has 0 atom stereocenters. The third kappa shape index (κ3) is 4.32. The standard InChI is InChI=1S/C20H23N3O2S/c1-15(2)18-7-9-20(10-8-18)26(24,25)22-19-12-21-23(14-19)13-17-6-4-5-16(3)11-17/h4-12,14-15,22H,13H2,1-3H3. The second-order valence-corrected chi connectivity index (χ2v) is 8.43. The molecule has 0 amide bonds. The summed E-state index contributed by atoms with van der Waals surface area (Å²) in [6.45, 7) is 6.78. The van der Waals surface area contributed by atoms with Gasteiger partial charge in [-0.3, -0.25) is 9.40 Å². The topological polar surface area (TPSA) is 64.0 Å². The Hall–Kier alpha value is -2.60. The number of sulfonamides is 1. The molecule has 0 aliphatic rings. The highest BCUT2D eigenvalue weighted by molar-refractivity contribution is 7.92. The fourth-order valence-electron chi connectivity index (χ4n) is 2.75. The van der Waals surface area contributed by atoms with E-state index in [1.54, 1.807) is 23.0 Å². The van der Waals surface area contributed by atoms with Crippen molar-refractivity contribution in [1.82, 2.24) is 9.78 Å². The predicted molar refractivity (Wildman–Crippen MR) is 104 cm³/mol. The lowest BCUT2D eigenvalue weighted by atomic mass is 10.0. The van der Waals surface area contributed by atoms with Crippen LogP contribution >= 0.6 is 0 Å². The van der Waals surface area contributed by atoms with Crippen LogP contribution in [0.1, 0.15) is 36.5 Å². The Bertz CT molecular complexity index is 990. The summed E-state index contributed by atoms with van der Waals surface area (Å²) in [5.41, 5.74) is 3.85. The molecule has 3 aromatic rings. The van der Waals surface area contributed by atoms with Crippen LogP contribution in [0, 0.1) is 6.92 Å². The van der Waals surface area contributed by atoms with Crippen LogP contribution in [0.5, 0.6) is 0 Å². The first-order chi connectivity index (χ1) is 12.3. The lowest BCUT2D eigenvalue weighted by molar-refractivity contribution is 0.601. The monoisotopic (exact) mass is 369 g/mol. The van der Waals surface area contributed by atoms with Crippen molar-refractivity contribution in [1.29, 1.82) is 0 Å². The molecule has 5 nitrogen and oxygen atoms in total. The number of benzene rings is 2. The predicted octanol–water partition coefficient (Wildman–Crippen LogP) is 4.16. The van der Waals surface area contributed by atoms with Crippen molar-refractivity contribution < 1.29 is 8.42 Å². The molecule has 0 bridgehead atoms. The number of aryl methyl sites for hydroxylation is 1. The summed E-state index contributed by atoms with van der Waals surface area (Å²) in [5, 5.41) is 4.25. The molecule has 0 aliphatic heterocycles. The van der Waals surface area contributed by atoms with E-state index in [0.717, 1.165) is 11.1 Å². The molecule has 0 unspecified atom stereocenters. The van der Waals surface area contributed by atoms with Gasteiger partial charge in [0.05, 0.1) is 23.3 Å². The van der Waals surface area contributed by atoms with Crippen molar-refractivity contribution in [2.75, 3.05) is 4.72 Å². The highest BCUT2D eigenvalue weighted by Gasteiger charge is 2.15. The first kappa shape index (κ1) is 18.2. The number of rotatable bonds is 6. The van der Waals surface area contributed by atoms with Gasteiger partial charge >= 0.3 is 0 Å². The molecule has 0 saturated carbocycles. The third-order valence-corrected chi connectivity index (χ3v) is 5.57. The SMILES string of the molecule is Cc1cccc(Cn2cc(NS(=O)(=O)c3ccc(C(C)C)cc3)cn2)c1. The van der Waals surface area contributed by atoms with Crippen molar-refractivity contribution in [2.45, 2.75) is 38.1 Å². The average molecular weight is 369 g/mol. The van der Waals surface area contributed by atoms with Crippen molar-refractivity contribution in [3.05, 3.63) is 77.6 Å². The molecule has 0 fully saturated rings. The zero-order valence-corrected chi connectivity index (χ0v) is 16.0. The zero-order valence-electron chi connectivity index (χ0n) is 15.2. The molecule has 26 heavy (non-hydrogen) atoms. The van der Waals surface area contributed by atoms with Gasteiger partial charge in [-0.15, -0.1) is 0 Å². The number of aromatic nitrogens is 2. The molecule has 0 aliphatic carbocycles. The van der Waals surface area contributed by atoms with Crippen LogP contribution in [0.2, 0.25) is 0 Å². The normalized spacial score (nSPS) is 11.7. The van der Waals surface area contributed by atoms with E-state index < -0.39 is 10.0 Å². The van der Waals surface area contributed by atoms with Crippen molar-refractivity contribution >= 4 is 15.7 Å². The minimum atomic E-state index is -3.63. The number of nitrogens with one attached hydrogen (secondary N) is 1. The van der Waals surface area contributed by atoms with Crippen LogP contribution in [0.15, 0.2) is 65.8 Å². The van der Waals surface area contributed by atoms with Gasteiger partial charge in [0.1, 0.15) is 0 Å². The minimum absolute atomic E-state index is 0.244. The largest absolute Gasteiger partial charge is 0.276 e. The fourth-order valence-corrected chi connectivity index (χ4v) is 3.77. The minimum Gasteiger partial charge on any atom is -0.276 e. The second-order valence-electron chi connectivity index (χ2n) is 6.74. The molecule has 136 valence electrons. The first-order valence-electron chi connectivity index (χ1n) is 8.54. The summed E-state index contributed by atoms with van der Waals surface area (Å²) in [5.74, 6) is 0.361. The summed E-state index contributed by atoms with van der Waals surface area (Å²) in [6.07, 6.45) is 3.22. The molecular weight excluding hydrogens is 346 g/mol. The van der Waals surface area contributed by atoms with Crippen LogP contribution in [0.25, 0.3) is 0 Å². The molecule has 1 N–H and O–H groups in total. The van der Waals surface area contributed by atoms with Crippen molar-refractivity contribution in [2.24, 2.45) is 0 Å². The molecule has 3 rings (SSSR count). The maximum atomic E-state index is 12.5. The van der Waals surface area contributed by atoms with Gasteiger partial charge in [0.2, 0.25) is 0 Å². The Kier molecular flexibility index (Phi) is 5.13. The molecule has 2 aromatic carbocycles. The number of hydrogen-bond acceptors (Lipinski definition) is 3. The Morgan fingerprint density at radius 2 is 1.85 bits per heavy atom. The molecule has 1 aromatic heterocycles. The van der Waals surface area contributed by atoms with Gasteiger partial charge in [-0.2, -0.15) is 5.10 Å². The highest BCUT2D eigenvalue weighted by atomic mass is 32.2. The zero-order chi connectivity index (χ0) is 18.7. The third-order valence-electron chi connectivity index (χ3n) is 4.17. The van der Waals surface area contributed by atoms with Crippen LogP contribution in [-0.4, -0.2) is 18.2 Å². The van der Waals surface area contributed by atoms with Gasteiger partial charge < -0.3 is 0 Å². The van der Waals surface area contributed by atoms with Gasteiger partial charge in [-0.25, -0.2) is 8.42 Å². The lowest BCUT2D eigenvalue weighted by Gasteiger charge is -2.08. The Morgan fingerprint density at radius 1 is 1.12 bits per heavy atom. The first-order valence-corrected chi connectivity index (χ1v) is 10.0. The van der Waals surface area contributed by atoms with E-state index in [9.17, 15) is 8.42 Å². The van der Waals surface area contributed by atoms with Crippen LogP contribution < -0.4 is 4.72 Å². The molecular formula is C20H23N3O2S. The molecule has 1 heterocycles. The maximum Gasteiger partial charge on any atom is 0.261 e. The highest BCUT2D eigenvalue weighted by Crippen LogP contribution is 2.20. The van der Waals surface area contributed by atoms with E-state index in [1.807, 2.05) is 37.3 Å². The smallest absolute Gasteiger partial charge is 0.261 e. The van der Waals surface area contributed by atoms with E-state index in [2.05, 4.69) is 29.7 Å². The average Bonchev–Trinajstić information content (AvgIpc) is 3.01. The quantitative estimate of drug-likeness (QED) is 0.709. The Labute approximate surface area is 154 Å². The summed E-state index contributed by atoms with van der Waals surface area (Å²) in [4.78, 5) is 0.244. The van der Waals surface area contributed by atoms with Gasteiger partial charge in [0.15, 0.2) is 0 Å². The Morgan fingerprint density at radius 3 is 2.50 bits per heavy atom. The van der Waals surface area contributed by atoms with E-state index in [-0.39, 0.29) is 4.90 Å². The van der Waals surface area contributed by atoms with Crippen LogP contribution in [0.3, 0.4) is 0 Å². The van der Waals surface area contributed by atoms with Crippen LogP contribution in [0.4, 0.5) is 5.69 Å². The fraction of sp³-hybridized carbons (Fsp3) is 0.250. The molecule has 0 spiro atoms. The lowest BCUT2D eigenvalue weighted by Crippen LogP contribution is -2.12. The van der Waals surface area contributed by atoms with Gasteiger partial charge in [0.25, 0.3) is 10.0 Å². The van der Waals surface area contributed by atoms with Crippen molar-refractivity contribution in [3.63, 3.8) is 0 Å². The number of hydrogen-bond donors (Lipinski definition) is 1. The second kappa shape index (κ2) is 7.33. The molecule has 6 heteroatoms. The summed E-state index contributed by atoms with van der Waals surface area (Å²) in [6, 6.07) is 15.1. The van der Waals surface area contributed by atoms with Crippen molar-refractivity contribution in [3.8, 4) is 0 Å². The van der Waals surface area contributed by atoms with Crippen LogP contribution in [-0.2, 0) is 16.6 Å². The summed E-state index contributed by atoms with van der Waals surface area (Å²) >= 11 is 0.